The van der Waals surface area contributed by atoms with Gasteiger partial charge in [-0.05, 0) is 54.7 Å². The number of aryl methyl sites for hydroxylation is 1. The molecule has 26 heavy (non-hydrogen) atoms. The molecule has 1 aliphatic rings. The van der Waals surface area contributed by atoms with E-state index in [9.17, 15) is 4.79 Å². The van der Waals surface area contributed by atoms with E-state index in [0.29, 0.717) is 22.4 Å². The van der Waals surface area contributed by atoms with E-state index in [-0.39, 0.29) is 5.91 Å². The van der Waals surface area contributed by atoms with E-state index < -0.39 is 0 Å². The van der Waals surface area contributed by atoms with Crippen molar-refractivity contribution in [3.05, 3.63) is 63.6 Å². The van der Waals surface area contributed by atoms with Crippen molar-refractivity contribution >= 4 is 29.1 Å². The molecule has 3 nitrogen and oxygen atoms in total. The number of methoxy groups -OCH3 is 1. The van der Waals surface area contributed by atoms with E-state index in [2.05, 4.69) is 12.1 Å². The Morgan fingerprint density at radius 1 is 1.15 bits per heavy atom. The standard InChI is InChI=1S/C21H23Cl2NO2/c1-26-18-8-6-16(7-9-18)17-11-12-24(14-17)21(25)4-2-3-15-5-10-19(22)20(23)13-15/h5-10,13,17H,2-4,11-12,14H2,1H3. The molecular weight excluding hydrogens is 369 g/mol. The molecule has 1 aliphatic heterocycles. The first-order valence-corrected chi connectivity index (χ1v) is 9.68. The van der Waals surface area contributed by atoms with Gasteiger partial charge < -0.3 is 9.64 Å². The van der Waals surface area contributed by atoms with E-state index in [0.717, 1.165) is 43.7 Å². The number of amides is 1. The van der Waals surface area contributed by atoms with Crippen molar-refractivity contribution in [3.63, 3.8) is 0 Å². The van der Waals surface area contributed by atoms with Crippen molar-refractivity contribution < 1.29 is 9.53 Å². The fourth-order valence-corrected chi connectivity index (χ4v) is 3.75. The number of carbonyl (C=O) groups excluding carboxylic acids is 1. The summed E-state index contributed by atoms with van der Waals surface area (Å²) in [6.45, 7) is 1.64. The molecule has 1 heterocycles. The number of halogens is 2. The maximum Gasteiger partial charge on any atom is 0.222 e. The van der Waals surface area contributed by atoms with Crippen LogP contribution in [0.3, 0.4) is 0 Å². The second-order valence-electron chi connectivity index (χ2n) is 6.70. The first kappa shape index (κ1) is 19.1. The number of carbonyl (C=O) groups is 1. The molecule has 5 heteroatoms. The highest BCUT2D eigenvalue weighted by Crippen LogP contribution is 2.29. The maximum atomic E-state index is 12.5. The van der Waals surface area contributed by atoms with Crippen LogP contribution in [0.1, 0.15) is 36.3 Å². The molecule has 1 atom stereocenters. The van der Waals surface area contributed by atoms with Gasteiger partial charge in [0.1, 0.15) is 5.75 Å². The van der Waals surface area contributed by atoms with E-state index in [1.807, 2.05) is 29.2 Å². The Balaban J connectivity index is 1.47. The van der Waals surface area contributed by atoms with Gasteiger partial charge in [0.05, 0.1) is 17.2 Å². The number of rotatable bonds is 6. The summed E-state index contributed by atoms with van der Waals surface area (Å²) in [7, 11) is 1.67. The largest absolute Gasteiger partial charge is 0.497 e. The fourth-order valence-electron chi connectivity index (χ4n) is 3.43. The van der Waals surface area contributed by atoms with Crippen LogP contribution in [0.2, 0.25) is 10.0 Å². The summed E-state index contributed by atoms with van der Waals surface area (Å²) in [5, 5.41) is 1.13. The highest BCUT2D eigenvalue weighted by atomic mass is 35.5. The van der Waals surface area contributed by atoms with Gasteiger partial charge in [0, 0.05) is 25.4 Å². The minimum atomic E-state index is 0.237. The van der Waals surface area contributed by atoms with Gasteiger partial charge in [0.15, 0.2) is 0 Å². The Hall–Kier alpha value is -1.71. The highest BCUT2D eigenvalue weighted by Gasteiger charge is 2.26. The van der Waals surface area contributed by atoms with E-state index in [1.54, 1.807) is 13.2 Å². The SMILES string of the molecule is COc1ccc(C2CCN(C(=O)CCCc3ccc(Cl)c(Cl)c3)C2)cc1. The first-order chi connectivity index (χ1) is 12.6. The van der Waals surface area contributed by atoms with E-state index in [4.69, 9.17) is 27.9 Å². The van der Waals surface area contributed by atoms with Gasteiger partial charge in [-0.2, -0.15) is 0 Å². The van der Waals surface area contributed by atoms with Crippen LogP contribution < -0.4 is 4.74 Å². The fraction of sp³-hybridized carbons (Fsp3) is 0.381. The average Bonchev–Trinajstić information content (AvgIpc) is 3.15. The minimum Gasteiger partial charge on any atom is -0.497 e. The monoisotopic (exact) mass is 391 g/mol. The molecule has 0 spiro atoms. The summed E-state index contributed by atoms with van der Waals surface area (Å²) < 4.78 is 5.21. The summed E-state index contributed by atoms with van der Waals surface area (Å²) in [6.07, 6.45) is 3.24. The van der Waals surface area contributed by atoms with Crippen LogP contribution in [0.4, 0.5) is 0 Å². The van der Waals surface area contributed by atoms with Crippen LogP contribution in [0.15, 0.2) is 42.5 Å². The van der Waals surface area contributed by atoms with Crippen LogP contribution in [-0.2, 0) is 11.2 Å². The Labute approximate surface area is 164 Å². The smallest absolute Gasteiger partial charge is 0.222 e. The number of hydrogen-bond donors (Lipinski definition) is 0. The van der Waals surface area contributed by atoms with Gasteiger partial charge in [-0.15, -0.1) is 0 Å². The van der Waals surface area contributed by atoms with Crippen LogP contribution in [0, 0.1) is 0 Å². The van der Waals surface area contributed by atoms with Gasteiger partial charge in [-0.25, -0.2) is 0 Å². The summed E-state index contributed by atoms with van der Waals surface area (Å²) in [5.74, 6) is 1.52. The van der Waals surface area contributed by atoms with Crippen molar-refractivity contribution in [2.45, 2.75) is 31.6 Å². The maximum absolute atomic E-state index is 12.5. The van der Waals surface area contributed by atoms with Crippen molar-refractivity contribution in [2.24, 2.45) is 0 Å². The van der Waals surface area contributed by atoms with E-state index in [1.165, 1.54) is 5.56 Å². The molecular formula is C21H23Cl2NO2. The number of ether oxygens (including phenoxy) is 1. The molecule has 138 valence electrons. The third-order valence-corrected chi connectivity index (χ3v) is 5.71. The second kappa shape index (κ2) is 8.79. The molecule has 0 aromatic heterocycles. The van der Waals surface area contributed by atoms with Gasteiger partial charge in [-0.1, -0.05) is 41.4 Å². The summed E-state index contributed by atoms with van der Waals surface area (Å²) in [6, 6.07) is 13.8. The molecule has 0 saturated carbocycles. The van der Waals surface area contributed by atoms with Gasteiger partial charge in [0.25, 0.3) is 0 Å². The van der Waals surface area contributed by atoms with Crippen LogP contribution in [0.25, 0.3) is 0 Å². The molecule has 1 amide bonds. The molecule has 0 aliphatic carbocycles. The van der Waals surface area contributed by atoms with E-state index >= 15 is 0 Å². The van der Waals surface area contributed by atoms with Gasteiger partial charge in [0.2, 0.25) is 5.91 Å². The Kier molecular flexibility index (Phi) is 6.44. The predicted molar refractivity (Wildman–Crippen MR) is 106 cm³/mol. The number of hydrogen-bond acceptors (Lipinski definition) is 2. The van der Waals surface area contributed by atoms with Crippen LogP contribution in [0.5, 0.6) is 5.75 Å². The predicted octanol–water partition coefficient (Wildman–Crippen LogP) is 5.34. The highest BCUT2D eigenvalue weighted by molar-refractivity contribution is 6.42. The van der Waals surface area contributed by atoms with Gasteiger partial charge >= 0.3 is 0 Å². The quantitative estimate of drug-likeness (QED) is 0.664. The third kappa shape index (κ3) is 4.72. The molecule has 1 saturated heterocycles. The topological polar surface area (TPSA) is 29.5 Å². The Bertz CT molecular complexity index is 761. The third-order valence-electron chi connectivity index (χ3n) is 4.97. The molecule has 1 unspecified atom stereocenters. The molecule has 2 aromatic rings. The molecule has 0 N–H and O–H groups in total. The van der Waals surface area contributed by atoms with Crippen molar-refractivity contribution in [3.8, 4) is 5.75 Å². The Morgan fingerprint density at radius 3 is 2.62 bits per heavy atom. The molecule has 0 radical (unpaired) electrons. The van der Waals surface area contributed by atoms with Crippen molar-refractivity contribution in [1.29, 1.82) is 0 Å². The lowest BCUT2D eigenvalue weighted by Crippen LogP contribution is -2.28. The first-order valence-electron chi connectivity index (χ1n) is 8.92. The average molecular weight is 392 g/mol. The molecule has 2 aromatic carbocycles. The summed E-state index contributed by atoms with van der Waals surface area (Å²) in [5.41, 5.74) is 2.39. The van der Waals surface area contributed by atoms with Crippen molar-refractivity contribution in [1.82, 2.24) is 4.90 Å². The van der Waals surface area contributed by atoms with Crippen LogP contribution in [-0.4, -0.2) is 31.0 Å². The minimum absolute atomic E-state index is 0.237. The second-order valence-corrected chi connectivity index (χ2v) is 7.51. The molecule has 0 bridgehead atoms. The van der Waals surface area contributed by atoms with Crippen LogP contribution >= 0.6 is 23.2 Å². The molecule has 3 rings (SSSR count). The zero-order chi connectivity index (χ0) is 18.5. The van der Waals surface area contributed by atoms with Crippen molar-refractivity contribution in [2.75, 3.05) is 20.2 Å². The summed E-state index contributed by atoms with van der Waals surface area (Å²) >= 11 is 12.0. The lowest BCUT2D eigenvalue weighted by molar-refractivity contribution is -0.130. The number of benzene rings is 2. The zero-order valence-corrected chi connectivity index (χ0v) is 16.4. The number of nitrogens with zero attached hydrogens (tertiary/aromatic N) is 1. The Morgan fingerprint density at radius 2 is 1.92 bits per heavy atom. The zero-order valence-electron chi connectivity index (χ0n) is 14.9. The van der Waals surface area contributed by atoms with Gasteiger partial charge in [-0.3, -0.25) is 4.79 Å². The summed E-state index contributed by atoms with van der Waals surface area (Å²) in [4.78, 5) is 14.5. The molecule has 1 fully saturated rings. The lowest BCUT2D eigenvalue weighted by atomic mass is 9.98. The lowest BCUT2D eigenvalue weighted by Gasteiger charge is -2.17. The normalized spacial score (nSPS) is 16.7. The number of likely N-dealkylation sites (tertiary alicyclic amines) is 1.